The smallest absolute Gasteiger partial charge is 0.129 e. The van der Waals surface area contributed by atoms with Crippen LogP contribution < -0.4 is 0 Å². The second-order valence-corrected chi connectivity index (χ2v) is 6.80. The molecule has 2 aliphatic rings. The number of hydrogen-bond donors (Lipinski definition) is 0. The van der Waals surface area contributed by atoms with E-state index in [1.165, 1.54) is 11.8 Å². The maximum absolute atomic E-state index is 4.53. The van der Waals surface area contributed by atoms with Crippen LogP contribution in [0.25, 0.3) is 0 Å². The van der Waals surface area contributed by atoms with Gasteiger partial charge < -0.3 is 4.12 Å². The molecule has 0 N–H and O–H groups in total. The lowest BCUT2D eigenvalue weighted by Crippen LogP contribution is -1.90. The molecule has 1 nitrogen and oxygen atoms in total. The van der Waals surface area contributed by atoms with Crippen LogP contribution in [0.3, 0.4) is 0 Å². The fraction of sp³-hybridized carbons (Fsp3) is 1.00. The van der Waals surface area contributed by atoms with Crippen LogP contribution in [0.15, 0.2) is 0 Å². The second-order valence-electron chi connectivity index (χ2n) is 3.53. The first-order valence-electron chi connectivity index (χ1n) is 4.27. The van der Waals surface area contributed by atoms with Crippen LogP contribution in [0.1, 0.15) is 32.1 Å². The van der Waals surface area contributed by atoms with E-state index in [4.69, 9.17) is 0 Å². The van der Waals surface area contributed by atoms with Crippen molar-refractivity contribution in [3.8, 4) is 0 Å². The van der Waals surface area contributed by atoms with Gasteiger partial charge in [-0.05, 0) is 18.3 Å². The summed E-state index contributed by atoms with van der Waals surface area (Å²) in [6.07, 6.45) is 7.82. The van der Waals surface area contributed by atoms with Gasteiger partial charge in [-0.3, -0.25) is 0 Å². The summed E-state index contributed by atoms with van der Waals surface area (Å²) in [5.74, 6) is 2.34. The first kappa shape index (κ1) is 8.49. The van der Waals surface area contributed by atoms with E-state index in [9.17, 15) is 0 Å². The first-order valence-corrected chi connectivity index (χ1v) is 5.90. The van der Waals surface area contributed by atoms with E-state index in [1.54, 1.807) is 32.1 Å². The predicted octanol–water partition coefficient (Wildman–Crippen LogP) is -0.240. The van der Waals surface area contributed by atoms with Crippen LogP contribution in [-0.4, -0.2) is 21.0 Å². The third kappa shape index (κ3) is 2.21. The Hall–Kier alpha value is 0.394. The molecule has 3 heteroatoms. The average molecular weight is 174 g/mol. The molecule has 2 fully saturated rings. The molecular weight excluding hydrogens is 156 g/mol. The lowest BCUT2D eigenvalue weighted by atomic mass is 10.0. The molecule has 0 saturated heterocycles. The molecule has 2 rings (SSSR count). The highest BCUT2D eigenvalue weighted by atomic mass is 28.3. The lowest BCUT2D eigenvalue weighted by molar-refractivity contribution is 0.480. The molecule has 60 valence electrons. The van der Waals surface area contributed by atoms with Gasteiger partial charge in [0.1, 0.15) is 21.0 Å². The SMILES string of the molecule is C1CC2CCC1C2.[SiH3]O[SiH3]. The van der Waals surface area contributed by atoms with Gasteiger partial charge in [-0.25, -0.2) is 0 Å². The Morgan fingerprint density at radius 3 is 1.30 bits per heavy atom. The van der Waals surface area contributed by atoms with Crippen molar-refractivity contribution in [2.24, 2.45) is 11.8 Å². The molecule has 2 aliphatic carbocycles. The van der Waals surface area contributed by atoms with E-state index in [1.807, 2.05) is 0 Å². The maximum atomic E-state index is 4.53. The van der Waals surface area contributed by atoms with Crippen molar-refractivity contribution in [3.05, 3.63) is 0 Å². The summed E-state index contributed by atoms with van der Waals surface area (Å²) in [5.41, 5.74) is 0. The van der Waals surface area contributed by atoms with Gasteiger partial charge in [-0.15, -0.1) is 0 Å². The van der Waals surface area contributed by atoms with E-state index in [2.05, 4.69) is 4.12 Å². The summed E-state index contributed by atoms with van der Waals surface area (Å²) in [6, 6.07) is 0. The van der Waals surface area contributed by atoms with Crippen molar-refractivity contribution in [2.75, 3.05) is 0 Å². The van der Waals surface area contributed by atoms with E-state index in [0.717, 1.165) is 21.0 Å². The van der Waals surface area contributed by atoms with Crippen LogP contribution in [-0.2, 0) is 4.12 Å². The van der Waals surface area contributed by atoms with E-state index in [-0.39, 0.29) is 0 Å². The molecule has 2 saturated carbocycles. The monoisotopic (exact) mass is 174 g/mol. The summed E-state index contributed by atoms with van der Waals surface area (Å²) >= 11 is 0. The summed E-state index contributed by atoms with van der Waals surface area (Å²) in [6.45, 7) is 0. The Labute approximate surface area is 69.6 Å². The normalized spacial score (nSPS) is 36.0. The number of hydrogen-bond acceptors (Lipinski definition) is 1. The van der Waals surface area contributed by atoms with Crippen LogP contribution in [0.4, 0.5) is 0 Å². The number of fused-ring (bicyclic) bond motifs is 2. The van der Waals surface area contributed by atoms with Crippen LogP contribution in [0, 0.1) is 11.8 Å². The quantitative estimate of drug-likeness (QED) is 0.461. The average Bonchev–Trinajstić information content (AvgIpc) is 2.49. The zero-order valence-corrected chi connectivity index (χ0v) is 11.1. The Bertz CT molecular complexity index is 79.6. The molecule has 0 radical (unpaired) electrons. The van der Waals surface area contributed by atoms with Gasteiger partial charge in [0.15, 0.2) is 0 Å². The summed E-state index contributed by atoms with van der Waals surface area (Å²) in [5, 5.41) is 0. The fourth-order valence-corrected chi connectivity index (χ4v) is 2.17. The highest BCUT2D eigenvalue weighted by molar-refractivity contribution is 6.15. The topological polar surface area (TPSA) is 9.23 Å². The molecule has 0 spiro atoms. The molecule has 0 aromatic heterocycles. The van der Waals surface area contributed by atoms with Crippen molar-refractivity contribution < 1.29 is 4.12 Å². The van der Waals surface area contributed by atoms with E-state index >= 15 is 0 Å². The molecule has 0 unspecified atom stereocenters. The van der Waals surface area contributed by atoms with Gasteiger partial charge in [-0.1, -0.05) is 25.7 Å². The lowest BCUT2D eigenvalue weighted by Gasteiger charge is -2.05. The molecule has 0 aromatic rings. The first-order chi connectivity index (χ1) is 4.86. The van der Waals surface area contributed by atoms with Gasteiger partial charge in [-0.2, -0.15) is 0 Å². The Morgan fingerprint density at radius 1 is 0.900 bits per heavy atom. The molecule has 0 heterocycles. The molecule has 10 heavy (non-hydrogen) atoms. The van der Waals surface area contributed by atoms with E-state index in [0.29, 0.717) is 0 Å². The van der Waals surface area contributed by atoms with Crippen molar-refractivity contribution in [1.82, 2.24) is 0 Å². The highest BCUT2D eigenvalue weighted by Crippen LogP contribution is 2.43. The van der Waals surface area contributed by atoms with Crippen LogP contribution in [0.5, 0.6) is 0 Å². The summed E-state index contributed by atoms with van der Waals surface area (Å²) in [7, 11) is 1.86. The molecule has 2 bridgehead atoms. The van der Waals surface area contributed by atoms with Crippen molar-refractivity contribution in [3.63, 3.8) is 0 Å². The van der Waals surface area contributed by atoms with Gasteiger partial charge in [0.25, 0.3) is 0 Å². The Morgan fingerprint density at radius 2 is 1.20 bits per heavy atom. The minimum Gasteiger partial charge on any atom is -0.471 e. The highest BCUT2D eigenvalue weighted by Gasteiger charge is 2.30. The third-order valence-corrected chi connectivity index (χ3v) is 2.63. The summed E-state index contributed by atoms with van der Waals surface area (Å²) in [4.78, 5) is 0. The molecule has 0 aliphatic heterocycles. The zero-order chi connectivity index (χ0) is 7.40. The van der Waals surface area contributed by atoms with Gasteiger partial charge >= 0.3 is 0 Å². The van der Waals surface area contributed by atoms with Gasteiger partial charge in [0, 0.05) is 0 Å². The summed E-state index contributed by atoms with van der Waals surface area (Å²) < 4.78 is 4.53. The van der Waals surface area contributed by atoms with Crippen molar-refractivity contribution in [2.45, 2.75) is 32.1 Å². The van der Waals surface area contributed by atoms with Crippen LogP contribution in [0.2, 0.25) is 0 Å². The van der Waals surface area contributed by atoms with Gasteiger partial charge in [0.2, 0.25) is 0 Å². The van der Waals surface area contributed by atoms with E-state index < -0.39 is 0 Å². The molecule has 0 atom stereocenters. The Kier molecular flexibility index (Phi) is 3.66. The Balaban J connectivity index is 0.000000148. The largest absolute Gasteiger partial charge is 0.471 e. The minimum atomic E-state index is 0.931. The minimum absolute atomic E-state index is 0.931. The standard InChI is InChI=1S/C7H12.H6OSi2/c1-2-7-4-3-6(1)5-7;2-1-3/h6-7H,1-5H2;2-3H3. The number of rotatable bonds is 0. The van der Waals surface area contributed by atoms with Crippen molar-refractivity contribution >= 4 is 21.0 Å². The van der Waals surface area contributed by atoms with Crippen LogP contribution >= 0.6 is 0 Å². The zero-order valence-electron chi connectivity index (χ0n) is 7.10. The molecule has 0 amide bonds. The second kappa shape index (κ2) is 4.31. The maximum Gasteiger partial charge on any atom is 0.129 e. The molecule has 0 aromatic carbocycles. The predicted molar refractivity (Wildman–Crippen MR) is 51.0 cm³/mol. The molecular formula is C7H18OSi2. The third-order valence-electron chi connectivity index (χ3n) is 2.63. The fourth-order valence-electron chi connectivity index (χ4n) is 2.17. The van der Waals surface area contributed by atoms with Crippen molar-refractivity contribution in [1.29, 1.82) is 0 Å². The van der Waals surface area contributed by atoms with Gasteiger partial charge in [0.05, 0.1) is 0 Å².